The van der Waals surface area contributed by atoms with E-state index in [9.17, 15) is 27.9 Å². The summed E-state index contributed by atoms with van der Waals surface area (Å²) in [5.74, 6) is -1.25. The van der Waals surface area contributed by atoms with Crippen molar-refractivity contribution in [3.05, 3.63) is 0 Å². The molecule has 116 valence electrons. The Balaban J connectivity index is 2.30. The summed E-state index contributed by atoms with van der Waals surface area (Å²) in [4.78, 5) is 23.4. The molecule has 20 heavy (non-hydrogen) atoms. The van der Waals surface area contributed by atoms with Gasteiger partial charge in [0.05, 0.1) is 12.7 Å². The van der Waals surface area contributed by atoms with E-state index in [-0.39, 0.29) is 26.1 Å². The third-order valence-electron chi connectivity index (χ3n) is 2.61. The standard InChI is InChI=1S/C10H15F3N2O5/c11-10(12,13)5-20-2-1-14-9(19)15-4-6(16)3-7(15)8(17)18/h6-7,16H,1-5H2,(H,14,19)(H,17,18). The van der Waals surface area contributed by atoms with Crippen molar-refractivity contribution in [1.29, 1.82) is 0 Å². The fourth-order valence-electron chi connectivity index (χ4n) is 1.79. The topological polar surface area (TPSA) is 99.1 Å². The van der Waals surface area contributed by atoms with Gasteiger partial charge in [-0.1, -0.05) is 0 Å². The van der Waals surface area contributed by atoms with Gasteiger partial charge in [-0.2, -0.15) is 13.2 Å². The van der Waals surface area contributed by atoms with E-state index in [4.69, 9.17) is 5.11 Å². The number of rotatable bonds is 5. The Labute approximate surface area is 112 Å². The fourth-order valence-corrected chi connectivity index (χ4v) is 1.79. The number of urea groups is 1. The monoisotopic (exact) mass is 300 g/mol. The lowest BCUT2D eigenvalue weighted by Crippen LogP contribution is -2.47. The molecular formula is C10H15F3N2O5. The lowest BCUT2D eigenvalue weighted by Gasteiger charge is -2.21. The number of aliphatic hydroxyl groups is 1. The highest BCUT2D eigenvalue weighted by atomic mass is 19.4. The molecule has 0 radical (unpaired) electrons. The van der Waals surface area contributed by atoms with Crippen molar-refractivity contribution in [2.24, 2.45) is 0 Å². The molecule has 2 atom stereocenters. The number of alkyl halides is 3. The second-order valence-electron chi connectivity index (χ2n) is 4.30. The number of ether oxygens (including phenoxy) is 1. The summed E-state index contributed by atoms with van der Waals surface area (Å²) in [7, 11) is 0. The molecule has 0 aromatic rings. The highest BCUT2D eigenvalue weighted by Crippen LogP contribution is 2.18. The van der Waals surface area contributed by atoms with Gasteiger partial charge in [0.25, 0.3) is 0 Å². The van der Waals surface area contributed by atoms with Crippen LogP contribution < -0.4 is 5.32 Å². The molecule has 7 nitrogen and oxygen atoms in total. The van der Waals surface area contributed by atoms with Gasteiger partial charge in [-0.25, -0.2) is 9.59 Å². The second-order valence-corrected chi connectivity index (χ2v) is 4.30. The molecule has 0 aliphatic carbocycles. The molecule has 10 heteroatoms. The largest absolute Gasteiger partial charge is 0.480 e. The summed E-state index contributed by atoms with van der Waals surface area (Å²) < 4.78 is 39.6. The van der Waals surface area contributed by atoms with E-state index in [2.05, 4.69) is 10.1 Å². The summed E-state index contributed by atoms with van der Waals surface area (Å²) in [5, 5.41) is 20.4. The van der Waals surface area contributed by atoms with E-state index < -0.39 is 36.9 Å². The van der Waals surface area contributed by atoms with Crippen LogP contribution in [0.3, 0.4) is 0 Å². The number of aliphatic carboxylic acids is 1. The first-order chi connectivity index (χ1) is 9.20. The Morgan fingerprint density at radius 3 is 2.60 bits per heavy atom. The average Bonchev–Trinajstić information content (AvgIpc) is 2.69. The quantitative estimate of drug-likeness (QED) is 0.610. The van der Waals surface area contributed by atoms with Crippen molar-refractivity contribution in [2.45, 2.75) is 24.7 Å². The molecule has 0 bridgehead atoms. The van der Waals surface area contributed by atoms with Crippen LogP contribution in [0.25, 0.3) is 0 Å². The highest BCUT2D eigenvalue weighted by molar-refractivity contribution is 5.83. The van der Waals surface area contributed by atoms with E-state index in [1.807, 2.05) is 0 Å². The number of amides is 2. The highest BCUT2D eigenvalue weighted by Gasteiger charge is 2.38. The number of nitrogens with zero attached hydrogens (tertiary/aromatic N) is 1. The van der Waals surface area contributed by atoms with Crippen LogP contribution in [0.1, 0.15) is 6.42 Å². The van der Waals surface area contributed by atoms with Gasteiger partial charge >= 0.3 is 18.2 Å². The minimum Gasteiger partial charge on any atom is -0.480 e. The van der Waals surface area contributed by atoms with Crippen molar-refractivity contribution in [2.75, 3.05) is 26.3 Å². The number of likely N-dealkylation sites (tertiary alicyclic amines) is 1. The zero-order chi connectivity index (χ0) is 15.3. The number of carbonyl (C=O) groups is 2. The van der Waals surface area contributed by atoms with Gasteiger partial charge in [-0.3, -0.25) is 0 Å². The van der Waals surface area contributed by atoms with Crippen LogP contribution in [0.4, 0.5) is 18.0 Å². The molecule has 1 fully saturated rings. The molecule has 3 N–H and O–H groups in total. The summed E-state index contributed by atoms with van der Waals surface area (Å²) in [5.41, 5.74) is 0. The molecule has 1 aliphatic rings. The van der Waals surface area contributed by atoms with Gasteiger partial charge < -0.3 is 25.2 Å². The number of carbonyl (C=O) groups excluding carboxylic acids is 1. The minimum atomic E-state index is -4.43. The third kappa shape index (κ3) is 5.21. The van der Waals surface area contributed by atoms with Crippen LogP contribution in [0.5, 0.6) is 0 Å². The molecule has 1 heterocycles. The van der Waals surface area contributed by atoms with E-state index in [0.717, 1.165) is 4.90 Å². The van der Waals surface area contributed by atoms with Gasteiger partial charge in [0.2, 0.25) is 0 Å². The molecule has 2 unspecified atom stereocenters. The second kappa shape index (κ2) is 6.75. The van der Waals surface area contributed by atoms with E-state index in [0.29, 0.717) is 0 Å². The van der Waals surface area contributed by atoms with Crippen molar-refractivity contribution >= 4 is 12.0 Å². The SMILES string of the molecule is O=C(O)C1CC(O)CN1C(=O)NCCOCC(F)(F)F. The number of carboxylic acids is 1. The maximum absolute atomic E-state index is 11.8. The van der Waals surface area contributed by atoms with Crippen molar-refractivity contribution in [1.82, 2.24) is 10.2 Å². The normalized spacial score (nSPS) is 22.9. The minimum absolute atomic E-state index is 0.0761. The van der Waals surface area contributed by atoms with E-state index in [1.54, 1.807) is 0 Å². The summed E-state index contributed by atoms with van der Waals surface area (Å²) in [6.07, 6.45) is -5.44. The Hall–Kier alpha value is -1.55. The van der Waals surface area contributed by atoms with Gasteiger partial charge in [0, 0.05) is 19.5 Å². The lowest BCUT2D eigenvalue weighted by molar-refractivity contribution is -0.173. The summed E-state index contributed by atoms with van der Waals surface area (Å²) in [6.45, 7) is -2.08. The number of nitrogens with one attached hydrogen (secondary N) is 1. The zero-order valence-corrected chi connectivity index (χ0v) is 10.4. The predicted molar refractivity (Wildman–Crippen MR) is 59.0 cm³/mol. The van der Waals surface area contributed by atoms with Gasteiger partial charge in [-0.05, 0) is 0 Å². The Kier molecular flexibility index (Phi) is 5.57. The predicted octanol–water partition coefficient (Wildman–Crippen LogP) is -0.205. The van der Waals surface area contributed by atoms with Crippen LogP contribution in [0, 0.1) is 0 Å². The van der Waals surface area contributed by atoms with Gasteiger partial charge in [0.1, 0.15) is 12.6 Å². The molecule has 0 spiro atoms. The van der Waals surface area contributed by atoms with Crippen LogP contribution in [-0.2, 0) is 9.53 Å². The van der Waals surface area contributed by atoms with Gasteiger partial charge in [-0.15, -0.1) is 0 Å². The first-order valence-corrected chi connectivity index (χ1v) is 5.80. The molecule has 0 saturated carbocycles. The molecule has 1 saturated heterocycles. The summed E-state index contributed by atoms with van der Waals surface area (Å²) in [6, 6.07) is -1.90. The molecule has 0 aromatic heterocycles. The number of aliphatic hydroxyl groups excluding tert-OH is 1. The van der Waals surface area contributed by atoms with E-state index >= 15 is 0 Å². The van der Waals surface area contributed by atoms with Crippen molar-refractivity contribution in [3.8, 4) is 0 Å². The number of hydrogen-bond acceptors (Lipinski definition) is 4. The van der Waals surface area contributed by atoms with Crippen LogP contribution in [0.2, 0.25) is 0 Å². The lowest BCUT2D eigenvalue weighted by atomic mass is 10.2. The van der Waals surface area contributed by atoms with Crippen molar-refractivity contribution < 1.29 is 37.7 Å². The number of β-amino-alcohol motifs (C(OH)–C–C–N with tert-alkyl or cyclic N) is 1. The van der Waals surface area contributed by atoms with Gasteiger partial charge in [0.15, 0.2) is 0 Å². The Morgan fingerprint density at radius 2 is 2.05 bits per heavy atom. The zero-order valence-electron chi connectivity index (χ0n) is 10.4. The molecule has 0 aromatic carbocycles. The number of hydrogen-bond donors (Lipinski definition) is 3. The first-order valence-electron chi connectivity index (χ1n) is 5.80. The number of carboxylic acid groups (broad SMARTS) is 1. The maximum Gasteiger partial charge on any atom is 0.411 e. The smallest absolute Gasteiger partial charge is 0.411 e. The van der Waals surface area contributed by atoms with Crippen LogP contribution in [0.15, 0.2) is 0 Å². The number of halogens is 3. The Bertz CT molecular complexity index is 363. The van der Waals surface area contributed by atoms with Crippen LogP contribution >= 0.6 is 0 Å². The molecule has 2 amide bonds. The average molecular weight is 300 g/mol. The summed E-state index contributed by atoms with van der Waals surface area (Å²) >= 11 is 0. The van der Waals surface area contributed by atoms with E-state index in [1.165, 1.54) is 0 Å². The molecule has 1 rings (SSSR count). The molecular weight excluding hydrogens is 285 g/mol. The molecule has 1 aliphatic heterocycles. The van der Waals surface area contributed by atoms with Crippen LogP contribution in [-0.4, -0.2) is 71.7 Å². The first kappa shape index (κ1) is 16.5. The van der Waals surface area contributed by atoms with Crippen molar-refractivity contribution in [3.63, 3.8) is 0 Å². The maximum atomic E-state index is 11.8. The fraction of sp³-hybridized carbons (Fsp3) is 0.800. The Morgan fingerprint density at radius 1 is 1.40 bits per heavy atom. The third-order valence-corrected chi connectivity index (χ3v) is 2.61.